The van der Waals surface area contributed by atoms with Gasteiger partial charge in [-0.25, -0.2) is 18.4 Å². The van der Waals surface area contributed by atoms with Crippen LogP contribution < -0.4 is 9.88 Å². The third kappa shape index (κ3) is 3.47. The minimum atomic E-state index is -4.06. The molecule has 0 spiro atoms. The van der Waals surface area contributed by atoms with Crippen molar-refractivity contribution < 1.29 is 27.8 Å². The number of aromatic carboxylic acids is 1. The molecule has 0 saturated carbocycles. The molecule has 0 aromatic heterocycles. The summed E-state index contributed by atoms with van der Waals surface area (Å²) < 4.78 is 33.9. The van der Waals surface area contributed by atoms with Crippen molar-refractivity contribution in [3.05, 3.63) is 23.8 Å². The molecule has 2 rings (SSSR count). The Bertz CT molecular complexity index is 606. The van der Waals surface area contributed by atoms with Gasteiger partial charge in [-0.15, -0.1) is 0 Å². The topological polar surface area (TPSA) is 116 Å². The van der Waals surface area contributed by atoms with Gasteiger partial charge in [0.1, 0.15) is 16.7 Å². The number of carboxylic acids is 1. The van der Waals surface area contributed by atoms with E-state index in [9.17, 15) is 13.2 Å². The standard InChI is InChI=1S/C12H15NO6S/c13-20(16,17)11-7-8(12(14)15)1-2-10(11)19-9-3-5-18-6-4-9/h1-2,7,9H,3-6H2,(H,14,15)(H2,13,16,17). The predicted molar refractivity (Wildman–Crippen MR) is 69.2 cm³/mol. The van der Waals surface area contributed by atoms with Crippen molar-refractivity contribution in [1.82, 2.24) is 0 Å². The lowest BCUT2D eigenvalue weighted by Crippen LogP contribution is -2.27. The quantitative estimate of drug-likeness (QED) is 0.840. The van der Waals surface area contributed by atoms with E-state index < -0.39 is 16.0 Å². The number of hydrogen-bond acceptors (Lipinski definition) is 5. The number of carboxylic acid groups (broad SMARTS) is 1. The lowest BCUT2D eigenvalue weighted by Gasteiger charge is -2.24. The predicted octanol–water partition coefficient (Wildman–Crippen LogP) is 0.590. The minimum Gasteiger partial charge on any atom is -0.489 e. The summed E-state index contributed by atoms with van der Waals surface area (Å²) in [6.45, 7) is 1.09. The maximum Gasteiger partial charge on any atom is 0.335 e. The van der Waals surface area contributed by atoms with Crippen LogP contribution in [0.15, 0.2) is 23.1 Å². The second-order valence-corrected chi connectivity index (χ2v) is 5.97. The average Bonchev–Trinajstić information content (AvgIpc) is 2.39. The minimum absolute atomic E-state index is 0.0735. The van der Waals surface area contributed by atoms with E-state index in [0.29, 0.717) is 26.1 Å². The van der Waals surface area contributed by atoms with Gasteiger partial charge in [0.05, 0.1) is 18.8 Å². The van der Waals surface area contributed by atoms with Gasteiger partial charge >= 0.3 is 5.97 Å². The Morgan fingerprint density at radius 1 is 1.35 bits per heavy atom. The summed E-state index contributed by atoms with van der Waals surface area (Å²) in [5.41, 5.74) is -0.159. The number of nitrogens with two attached hydrogens (primary N) is 1. The van der Waals surface area contributed by atoms with Crippen LogP contribution in [0.3, 0.4) is 0 Å². The Kier molecular flexibility index (Phi) is 4.26. The monoisotopic (exact) mass is 301 g/mol. The maximum absolute atomic E-state index is 11.6. The Balaban J connectivity index is 2.33. The van der Waals surface area contributed by atoms with Crippen molar-refractivity contribution in [2.45, 2.75) is 23.8 Å². The van der Waals surface area contributed by atoms with Crippen LogP contribution in [0.4, 0.5) is 0 Å². The largest absolute Gasteiger partial charge is 0.489 e. The van der Waals surface area contributed by atoms with Crippen molar-refractivity contribution >= 4 is 16.0 Å². The number of carbonyl (C=O) groups is 1. The fraction of sp³-hybridized carbons (Fsp3) is 0.417. The molecule has 0 atom stereocenters. The molecule has 0 bridgehead atoms. The molecule has 1 aliphatic rings. The average molecular weight is 301 g/mol. The number of benzene rings is 1. The normalized spacial score (nSPS) is 16.9. The Morgan fingerprint density at radius 3 is 2.55 bits per heavy atom. The lowest BCUT2D eigenvalue weighted by atomic mass is 10.1. The zero-order valence-electron chi connectivity index (χ0n) is 10.6. The van der Waals surface area contributed by atoms with Gasteiger partial charge in [0.25, 0.3) is 0 Å². The Labute approximate surface area is 116 Å². The summed E-state index contributed by atoms with van der Waals surface area (Å²) in [7, 11) is -4.06. The van der Waals surface area contributed by atoms with Gasteiger partial charge in [-0.2, -0.15) is 0 Å². The molecule has 1 aliphatic heterocycles. The Morgan fingerprint density at radius 2 is 2.00 bits per heavy atom. The zero-order chi connectivity index (χ0) is 14.8. The molecule has 1 saturated heterocycles. The first-order valence-electron chi connectivity index (χ1n) is 6.02. The van der Waals surface area contributed by atoms with Gasteiger partial charge in [0, 0.05) is 12.8 Å². The van der Waals surface area contributed by atoms with Crippen LogP contribution in [0.25, 0.3) is 0 Å². The first-order valence-corrected chi connectivity index (χ1v) is 7.57. The van der Waals surface area contributed by atoms with Crippen LogP contribution in [-0.4, -0.2) is 38.8 Å². The van der Waals surface area contributed by atoms with Crippen molar-refractivity contribution in [3.63, 3.8) is 0 Å². The molecule has 1 fully saturated rings. The number of rotatable bonds is 4. The molecule has 1 aromatic carbocycles. The molecule has 0 amide bonds. The molecule has 0 unspecified atom stereocenters. The van der Waals surface area contributed by atoms with Crippen LogP contribution in [0.1, 0.15) is 23.2 Å². The second kappa shape index (κ2) is 5.78. The van der Waals surface area contributed by atoms with Crippen LogP contribution in [0.5, 0.6) is 5.75 Å². The molecule has 20 heavy (non-hydrogen) atoms. The van der Waals surface area contributed by atoms with Gasteiger partial charge in [-0.1, -0.05) is 0 Å². The lowest BCUT2D eigenvalue weighted by molar-refractivity contribution is 0.0244. The highest BCUT2D eigenvalue weighted by molar-refractivity contribution is 7.89. The molecule has 1 heterocycles. The van der Waals surface area contributed by atoms with E-state index in [4.69, 9.17) is 19.7 Å². The molecule has 3 N–H and O–H groups in total. The summed E-state index contributed by atoms with van der Waals surface area (Å²) in [6, 6.07) is 3.61. The van der Waals surface area contributed by atoms with Crippen molar-refractivity contribution in [2.24, 2.45) is 5.14 Å². The zero-order valence-corrected chi connectivity index (χ0v) is 11.4. The van der Waals surface area contributed by atoms with E-state index in [1.165, 1.54) is 12.1 Å². The van der Waals surface area contributed by atoms with Gasteiger partial charge in [-0.05, 0) is 18.2 Å². The van der Waals surface area contributed by atoms with E-state index in [1.807, 2.05) is 0 Å². The van der Waals surface area contributed by atoms with Crippen molar-refractivity contribution in [1.29, 1.82) is 0 Å². The molecule has 0 aliphatic carbocycles. The van der Waals surface area contributed by atoms with Gasteiger partial charge in [-0.3, -0.25) is 0 Å². The summed E-state index contributed by atoms with van der Waals surface area (Å²) in [4.78, 5) is 10.6. The van der Waals surface area contributed by atoms with Gasteiger partial charge in [0.2, 0.25) is 10.0 Å². The molecule has 0 radical (unpaired) electrons. The van der Waals surface area contributed by atoms with Crippen molar-refractivity contribution in [2.75, 3.05) is 13.2 Å². The summed E-state index contributed by atoms with van der Waals surface area (Å²) in [5.74, 6) is -1.16. The SMILES string of the molecule is NS(=O)(=O)c1cc(C(=O)O)ccc1OC1CCOCC1. The Hall–Kier alpha value is -1.64. The van der Waals surface area contributed by atoms with E-state index in [2.05, 4.69) is 0 Å². The fourth-order valence-electron chi connectivity index (χ4n) is 1.93. The highest BCUT2D eigenvalue weighted by atomic mass is 32.2. The molecule has 1 aromatic rings. The van der Waals surface area contributed by atoms with E-state index >= 15 is 0 Å². The van der Waals surface area contributed by atoms with Gasteiger partial charge < -0.3 is 14.6 Å². The number of primary sulfonamides is 1. The molecular weight excluding hydrogens is 286 g/mol. The first-order chi connectivity index (χ1) is 9.38. The first kappa shape index (κ1) is 14.8. The van der Waals surface area contributed by atoms with Crippen LogP contribution in [-0.2, 0) is 14.8 Å². The number of hydrogen-bond donors (Lipinski definition) is 2. The molecular formula is C12H15NO6S. The second-order valence-electron chi connectivity index (χ2n) is 4.44. The highest BCUT2D eigenvalue weighted by Gasteiger charge is 2.22. The molecule has 8 heteroatoms. The fourth-order valence-corrected chi connectivity index (χ4v) is 2.62. The van der Waals surface area contributed by atoms with Crippen LogP contribution >= 0.6 is 0 Å². The highest BCUT2D eigenvalue weighted by Crippen LogP contribution is 2.27. The molecule has 7 nitrogen and oxygen atoms in total. The van der Waals surface area contributed by atoms with E-state index in [-0.39, 0.29) is 22.3 Å². The summed E-state index contributed by atoms with van der Waals surface area (Å²) >= 11 is 0. The van der Waals surface area contributed by atoms with Crippen LogP contribution in [0, 0.1) is 0 Å². The third-order valence-corrected chi connectivity index (χ3v) is 3.89. The molecule has 110 valence electrons. The smallest absolute Gasteiger partial charge is 0.335 e. The third-order valence-electron chi connectivity index (χ3n) is 2.96. The maximum atomic E-state index is 11.6. The summed E-state index contributed by atoms with van der Waals surface area (Å²) in [6.07, 6.45) is 1.12. The number of sulfonamides is 1. The van der Waals surface area contributed by atoms with Gasteiger partial charge in [0.15, 0.2) is 0 Å². The van der Waals surface area contributed by atoms with E-state index in [1.54, 1.807) is 0 Å². The van der Waals surface area contributed by atoms with Crippen molar-refractivity contribution in [3.8, 4) is 5.75 Å². The van der Waals surface area contributed by atoms with Crippen LogP contribution in [0.2, 0.25) is 0 Å². The van der Waals surface area contributed by atoms with E-state index in [0.717, 1.165) is 6.07 Å². The summed E-state index contributed by atoms with van der Waals surface area (Å²) in [5, 5.41) is 14.0. The number of ether oxygens (including phenoxy) is 2.